The molecule has 6 heteroatoms. The highest BCUT2D eigenvalue weighted by Gasteiger charge is 2.27. The SMILES string of the molecule is Cc1ccc(C(=O)CC2CCCN(S(C)(=O)=O)C2)c(Cl)c1. The fourth-order valence-electron chi connectivity index (χ4n) is 2.71. The molecule has 1 aromatic carbocycles. The normalized spacial score (nSPS) is 20.4. The van der Waals surface area contributed by atoms with Crippen LogP contribution in [-0.2, 0) is 10.0 Å². The van der Waals surface area contributed by atoms with Gasteiger partial charge < -0.3 is 0 Å². The van der Waals surface area contributed by atoms with Gasteiger partial charge >= 0.3 is 0 Å². The lowest BCUT2D eigenvalue weighted by molar-refractivity contribution is 0.0942. The molecule has 0 aromatic heterocycles. The summed E-state index contributed by atoms with van der Waals surface area (Å²) in [6, 6.07) is 5.39. The number of benzene rings is 1. The summed E-state index contributed by atoms with van der Waals surface area (Å²) in [5.41, 5.74) is 1.54. The molecule has 0 N–H and O–H groups in total. The average molecular weight is 330 g/mol. The predicted molar refractivity (Wildman–Crippen MR) is 84.3 cm³/mol. The minimum atomic E-state index is -3.18. The zero-order valence-corrected chi connectivity index (χ0v) is 13.9. The molecular weight excluding hydrogens is 310 g/mol. The Morgan fingerprint density at radius 1 is 1.43 bits per heavy atom. The number of rotatable bonds is 4. The van der Waals surface area contributed by atoms with Crippen LogP contribution in [0.3, 0.4) is 0 Å². The highest BCUT2D eigenvalue weighted by molar-refractivity contribution is 7.88. The van der Waals surface area contributed by atoms with E-state index >= 15 is 0 Å². The first-order valence-corrected chi connectivity index (χ1v) is 9.24. The maximum Gasteiger partial charge on any atom is 0.211 e. The molecule has 4 nitrogen and oxygen atoms in total. The van der Waals surface area contributed by atoms with E-state index in [0.717, 1.165) is 18.4 Å². The van der Waals surface area contributed by atoms with Crippen molar-refractivity contribution in [1.82, 2.24) is 4.31 Å². The van der Waals surface area contributed by atoms with E-state index in [2.05, 4.69) is 0 Å². The van der Waals surface area contributed by atoms with Gasteiger partial charge in [0.1, 0.15) is 0 Å². The van der Waals surface area contributed by atoms with Crippen LogP contribution < -0.4 is 0 Å². The molecule has 0 amide bonds. The molecule has 21 heavy (non-hydrogen) atoms. The number of carbonyl (C=O) groups excluding carboxylic acids is 1. The second kappa shape index (κ2) is 6.46. The summed E-state index contributed by atoms with van der Waals surface area (Å²) in [6.45, 7) is 2.90. The van der Waals surface area contributed by atoms with Crippen molar-refractivity contribution < 1.29 is 13.2 Å². The van der Waals surface area contributed by atoms with Gasteiger partial charge in [0.05, 0.1) is 11.3 Å². The molecule has 1 heterocycles. The van der Waals surface area contributed by atoms with E-state index < -0.39 is 10.0 Å². The third-order valence-electron chi connectivity index (χ3n) is 3.85. The highest BCUT2D eigenvalue weighted by atomic mass is 35.5. The summed E-state index contributed by atoms with van der Waals surface area (Å²) in [7, 11) is -3.18. The Labute approximate surface area is 131 Å². The third kappa shape index (κ3) is 4.28. The smallest absolute Gasteiger partial charge is 0.211 e. The molecule has 2 rings (SSSR count). The molecule has 0 radical (unpaired) electrons. The lowest BCUT2D eigenvalue weighted by atomic mass is 9.91. The molecule has 0 spiro atoms. The van der Waals surface area contributed by atoms with E-state index in [0.29, 0.717) is 30.1 Å². The Balaban J connectivity index is 2.05. The van der Waals surface area contributed by atoms with Crippen molar-refractivity contribution in [3.05, 3.63) is 34.3 Å². The molecule has 116 valence electrons. The topological polar surface area (TPSA) is 54.5 Å². The fourth-order valence-corrected chi connectivity index (χ4v) is 4.00. The van der Waals surface area contributed by atoms with Gasteiger partial charge in [-0.15, -0.1) is 0 Å². The van der Waals surface area contributed by atoms with Gasteiger partial charge in [-0.05, 0) is 43.4 Å². The molecule has 0 aliphatic carbocycles. The van der Waals surface area contributed by atoms with Gasteiger partial charge in [-0.25, -0.2) is 12.7 Å². The lowest BCUT2D eigenvalue weighted by Crippen LogP contribution is -2.39. The van der Waals surface area contributed by atoms with E-state index in [9.17, 15) is 13.2 Å². The van der Waals surface area contributed by atoms with Gasteiger partial charge in [0.2, 0.25) is 10.0 Å². The van der Waals surface area contributed by atoms with E-state index in [-0.39, 0.29) is 11.7 Å². The van der Waals surface area contributed by atoms with Gasteiger partial charge in [0.25, 0.3) is 0 Å². The third-order valence-corrected chi connectivity index (χ3v) is 5.43. The summed E-state index contributed by atoms with van der Waals surface area (Å²) >= 11 is 6.12. The Morgan fingerprint density at radius 2 is 2.14 bits per heavy atom. The zero-order valence-electron chi connectivity index (χ0n) is 12.3. The van der Waals surface area contributed by atoms with Crippen LogP contribution in [0.5, 0.6) is 0 Å². The summed E-state index contributed by atoms with van der Waals surface area (Å²) in [4.78, 5) is 12.3. The number of nitrogens with zero attached hydrogens (tertiary/aromatic N) is 1. The average Bonchev–Trinajstić information content (AvgIpc) is 2.37. The first kappa shape index (κ1) is 16.5. The summed E-state index contributed by atoms with van der Waals surface area (Å²) in [5, 5.41) is 0.468. The van der Waals surface area contributed by atoms with Gasteiger partial charge in [0.15, 0.2) is 5.78 Å². The largest absolute Gasteiger partial charge is 0.294 e. The van der Waals surface area contributed by atoms with Crippen molar-refractivity contribution in [2.75, 3.05) is 19.3 Å². The zero-order chi connectivity index (χ0) is 15.6. The molecule has 1 aromatic rings. The van der Waals surface area contributed by atoms with Gasteiger partial charge in [-0.3, -0.25) is 4.79 Å². The number of hydrogen-bond donors (Lipinski definition) is 0. The Bertz CT molecular complexity index is 642. The summed E-state index contributed by atoms with van der Waals surface area (Å²) < 4.78 is 24.7. The molecule has 1 atom stereocenters. The first-order valence-electron chi connectivity index (χ1n) is 7.02. The number of ketones is 1. The molecule has 1 aliphatic rings. The van der Waals surface area contributed by atoms with Crippen LogP contribution in [0.2, 0.25) is 5.02 Å². The molecule has 1 fully saturated rings. The van der Waals surface area contributed by atoms with Crippen molar-refractivity contribution in [2.24, 2.45) is 5.92 Å². The number of halogens is 1. The molecule has 1 unspecified atom stereocenters. The van der Waals surface area contributed by atoms with Crippen LogP contribution in [0.15, 0.2) is 18.2 Å². The Kier molecular flexibility index (Phi) is 5.07. The van der Waals surface area contributed by atoms with E-state index in [1.165, 1.54) is 10.6 Å². The van der Waals surface area contributed by atoms with Crippen LogP contribution in [0.1, 0.15) is 35.2 Å². The van der Waals surface area contributed by atoms with Crippen molar-refractivity contribution in [3.63, 3.8) is 0 Å². The highest BCUT2D eigenvalue weighted by Crippen LogP contribution is 2.25. The van der Waals surface area contributed by atoms with Crippen molar-refractivity contribution >= 4 is 27.4 Å². The monoisotopic (exact) mass is 329 g/mol. The number of carbonyl (C=O) groups is 1. The van der Waals surface area contributed by atoms with Gasteiger partial charge in [0, 0.05) is 25.1 Å². The summed E-state index contributed by atoms with van der Waals surface area (Å²) in [6.07, 6.45) is 3.23. The van der Waals surface area contributed by atoms with Crippen LogP contribution in [0.4, 0.5) is 0 Å². The number of Topliss-reactive ketones (excluding diaryl/α,β-unsaturated/α-hetero) is 1. The quantitative estimate of drug-likeness (QED) is 0.798. The van der Waals surface area contributed by atoms with Gasteiger partial charge in [-0.2, -0.15) is 0 Å². The molecule has 1 saturated heterocycles. The maximum absolute atomic E-state index is 12.3. The standard InChI is InChI=1S/C15H20ClNO3S/c1-11-5-6-13(14(16)8-11)15(18)9-12-4-3-7-17(10-12)21(2,19)20/h5-6,8,12H,3-4,7,9-10H2,1-2H3. The number of piperidine rings is 1. The van der Waals surface area contributed by atoms with E-state index in [1.54, 1.807) is 12.1 Å². The van der Waals surface area contributed by atoms with Crippen molar-refractivity contribution in [3.8, 4) is 0 Å². The molecular formula is C15H20ClNO3S. The Morgan fingerprint density at radius 3 is 2.76 bits per heavy atom. The summed E-state index contributed by atoms with van der Waals surface area (Å²) in [5.74, 6) is 0.0543. The minimum Gasteiger partial charge on any atom is -0.294 e. The van der Waals surface area contributed by atoms with Crippen LogP contribution >= 0.6 is 11.6 Å². The van der Waals surface area contributed by atoms with Crippen molar-refractivity contribution in [2.45, 2.75) is 26.2 Å². The van der Waals surface area contributed by atoms with Crippen molar-refractivity contribution in [1.29, 1.82) is 0 Å². The molecule has 0 saturated carbocycles. The van der Waals surface area contributed by atoms with E-state index in [1.807, 2.05) is 13.0 Å². The number of aryl methyl sites for hydroxylation is 1. The predicted octanol–water partition coefficient (Wildman–Crippen LogP) is 2.89. The molecule has 0 bridgehead atoms. The molecule has 1 aliphatic heterocycles. The minimum absolute atomic E-state index is 0.0136. The van der Waals surface area contributed by atoms with E-state index in [4.69, 9.17) is 11.6 Å². The van der Waals surface area contributed by atoms with Gasteiger partial charge in [-0.1, -0.05) is 17.7 Å². The maximum atomic E-state index is 12.3. The lowest BCUT2D eigenvalue weighted by Gasteiger charge is -2.30. The number of sulfonamides is 1. The second-order valence-electron chi connectivity index (χ2n) is 5.74. The second-order valence-corrected chi connectivity index (χ2v) is 8.13. The number of hydrogen-bond acceptors (Lipinski definition) is 3. The van der Waals surface area contributed by atoms with Crippen LogP contribution in [0, 0.1) is 12.8 Å². The van der Waals surface area contributed by atoms with Crippen LogP contribution in [0.25, 0.3) is 0 Å². The first-order chi connectivity index (χ1) is 9.77. The van der Waals surface area contributed by atoms with Crippen LogP contribution in [-0.4, -0.2) is 37.9 Å². The Hall–Kier alpha value is -0.910. The fraction of sp³-hybridized carbons (Fsp3) is 0.533.